The Labute approximate surface area is 98.7 Å². The fourth-order valence-corrected chi connectivity index (χ4v) is 1.58. The lowest BCUT2D eigenvalue weighted by molar-refractivity contribution is 0.260. The van der Waals surface area contributed by atoms with E-state index in [9.17, 15) is 4.39 Å². The van der Waals surface area contributed by atoms with Gasteiger partial charge in [-0.1, -0.05) is 0 Å². The third-order valence-corrected chi connectivity index (χ3v) is 2.49. The third kappa shape index (κ3) is 2.93. The summed E-state index contributed by atoms with van der Waals surface area (Å²) >= 11 is 0. The van der Waals surface area contributed by atoms with Crippen LogP contribution in [0.5, 0.6) is 0 Å². The topological polar surface area (TPSA) is 59.4 Å². The summed E-state index contributed by atoms with van der Waals surface area (Å²) < 4.78 is 18.3. The van der Waals surface area contributed by atoms with Gasteiger partial charge >= 0.3 is 0 Å². The summed E-state index contributed by atoms with van der Waals surface area (Å²) in [5.74, 6) is 1.11. The second kappa shape index (κ2) is 5.12. The standard InChI is InChI=1S/C13H14FNO2/c14-10-3-1-9(2-4-10)13-6-5-12(17-13)7-11(15)8-16/h1-6,11,16H,7-8,15H2. The van der Waals surface area contributed by atoms with Crippen molar-refractivity contribution >= 4 is 0 Å². The molecule has 0 aliphatic carbocycles. The van der Waals surface area contributed by atoms with Gasteiger partial charge in [-0.25, -0.2) is 4.39 Å². The number of nitrogens with two attached hydrogens (primary N) is 1. The summed E-state index contributed by atoms with van der Waals surface area (Å²) in [5, 5.41) is 8.84. The number of furan rings is 1. The number of rotatable bonds is 4. The molecular formula is C13H14FNO2. The number of benzene rings is 1. The summed E-state index contributed by atoms with van der Waals surface area (Å²) in [6, 6.07) is 9.39. The van der Waals surface area contributed by atoms with Crippen LogP contribution in [0.1, 0.15) is 5.76 Å². The Morgan fingerprint density at radius 1 is 1.18 bits per heavy atom. The van der Waals surface area contributed by atoms with Crippen molar-refractivity contribution in [1.82, 2.24) is 0 Å². The maximum atomic E-state index is 12.8. The predicted molar refractivity (Wildman–Crippen MR) is 62.9 cm³/mol. The molecule has 3 N–H and O–H groups in total. The Kier molecular flexibility index (Phi) is 3.56. The molecule has 1 atom stereocenters. The van der Waals surface area contributed by atoms with E-state index < -0.39 is 0 Å². The Morgan fingerprint density at radius 2 is 1.88 bits per heavy atom. The molecule has 3 nitrogen and oxygen atoms in total. The van der Waals surface area contributed by atoms with Crippen LogP contribution in [0, 0.1) is 5.82 Å². The van der Waals surface area contributed by atoms with Crippen LogP contribution >= 0.6 is 0 Å². The van der Waals surface area contributed by atoms with Gasteiger partial charge < -0.3 is 15.3 Å². The number of aliphatic hydroxyl groups is 1. The van der Waals surface area contributed by atoms with Gasteiger partial charge in [0.05, 0.1) is 6.61 Å². The summed E-state index contributed by atoms with van der Waals surface area (Å²) in [5.41, 5.74) is 6.43. The molecule has 0 amide bonds. The number of halogens is 1. The maximum Gasteiger partial charge on any atom is 0.134 e. The van der Waals surface area contributed by atoms with E-state index in [-0.39, 0.29) is 18.5 Å². The van der Waals surface area contributed by atoms with E-state index in [0.29, 0.717) is 17.9 Å². The summed E-state index contributed by atoms with van der Waals surface area (Å²) in [7, 11) is 0. The van der Waals surface area contributed by atoms with Gasteiger partial charge in [0.2, 0.25) is 0 Å². The van der Waals surface area contributed by atoms with E-state index in [0.717, 1.165) is 5.56 Å². The van der Waals surface area contributed by atoms with Gasteiger partial charge in [-0.15, -0.1) is 0 Å². The highest BCUT2D eigenvalue weighted by Crippen LogP contribution is 2.22. The zero-order valence-corrected chi connectivity index (χ0v) is 9.27. The number of aliphatic hydroxyl groups excluding tert-OH is 1. The largest absolute Gasteiger partial charge is 0.461 e. The third-order valence-electron chi connectivity index (χ3n) is 2.49. The van der Waals surface area contributed by atoms with Gasteiger partial charge in [-0.3, -0.25) is 0 Å². The first-order chi connectivity index (χ1) is 8.19. The maximum absolute atomic E-state index is 12.8. The molecule has 0 bridgehead atoms. The van der Waals surface area contributed by atoms with Crippen molar-refractivity contribution in [3.05, 3.63) is 48.0 Å². The minimum absolute atomic E-state index is 0.0768. The SMILES string of the molecule is NC(CO)Cc1ccc(-c2ccc(F)cc2)o1. The Bertz CT molecular complexity index is 478. The highest BCUT2D eigenvalue weighted by molar-refractivity contribution is 5.57. The fraction of sp³-hybridized carbons (Fsp3) is 0.231. The first-order valence-electron chi connectivity index (χ1n) is 5.40. The normalized spacial score (nSPS) is 12.6. The Balaban J connectivity index is 2.15. The van der Waals surface area contributed by atoms with E-state index in [2.05, 4.69) is 0 Å². The first-order valence-corrected chi connectivity index (χ1v) is 5.40. The minimum Gasteiger partial charge on any atom is -0.461 e. The van der Waals surface area contributed by atoms with Crippen LogP contribution in [0.3, 0.4) is 0 Å². The average Bonchev–Trinajstić information content (AvgIpc) is 2.78. The molecule has 0 radical (unpaired) electrons. The molecule has 0 spiro atoms. The average molecular weight is 235 g/mol. The monoisotopic (exact) mass is 235 g/mol. The van der Waals surface area contributed by atoms with Crippen molar-refractivity contribution in [2.24, 2.45) is 5.73 Å². The van der Waals surface area contributed by atoms with Crippen LogP contribution in [0.2, 0.25) is 0 Å². The number of hydrogen-bond acceptors (Lipinski definition) is 3. The van der Waals surface area contributed by atoms with Crippen LogP contribution in [0.25, 0.3) is 11.3 Å². The van der Waals surface area contributed by atoms with Crippen molar-refractivity contribution in [1.29, 1.82) is 0 Å². The molecule has 0 fully saturated rings. The van der Waals surface area contributed by atoms with E-state index in [1.54, 1.807) is 12.1 Å². The molecule has 90 valence electrons. The van der Waals surface area contributed by atoms with Crippen molar-refractivity contribution in [3.8, 4) is 11.3 Å². The molecule has 1 aromatic heterocycles. The minimum atomic E-state index is -0.317. The summed E-state index contributed by atoms with van der Waals surface area (Å²) in [6.07, 6.45) is 0.484. The lowest BCUT2D eigenvalue weighted by Gasteiger charge is -2.04. The molecule has 4 heteroatoms. The number of hydrogen-bond donors (Lipinski definition) is 2. The Hall–Kier alpha value is -1.65. The van der Waals surface area contributed by atoms with Crippen molar-refractivity contribution in [2.45, 2.75) is 12.5 Å². The summed E-state index contributed by atoms with van der Waals surface area (Å²) in [4.78, 5) is 0. The van der Waals surface area contributed by atoms with Crippen LogP contribution in [0.4, 0.5) is 4.39 Å². The fourth-order valence-electron chi connectivity index (χ4n) is 1.58. The highest BCUT2D eigenvalue weighted by Gasteiger charge is 2.08. The first kappa shape index (κ1) is 11.8. The second-order valence-electron chi connectivity index (χ2n) is 3.92. The van der Waals surface area contributed by atoms with Gasteiger partial charge in [-0.05, 0) is 36.4 Å². The quantitative estimate of drug-likeness (QED) is 0.851. The lowest BCUT2D eigenvalue weighted by Crippen LogP contribution is -2.26. The van der Waals surface area contributed by atoms with Gasteiger partial charge in [0.25, 0.3) is 0 Å². The van der Waals surface area contributed by atoms with Crippen molar-refractivity contribution in [2.75, 3.05) is 6.61 Å². The molecule has 0 aliphatic heterocycles. The molecule has 1 aromatic carbocycles. The zero-order chi connectivity index (χ0) is 12.3. The molecule has 2 aromatic rings. The highest BCUT2D eigenvalue weighted by atomic mass is 19.1. The predicted octanol–water partition coefficient (Wildman–Crippen LogP) is 1.95. The van der Waals surface area contributed by atoms with E-state index >= 15 is 0 Å². The van der Waals surface area contributed by atoms with E-state index in [1.807, 2.05) is 12.1 Å². The smallest absolute Gasteiger partial charge is 0.134 e. The van der Waals surface area contributed by atoms with Gasteiger partial charge in [0.1, 0.15) is 17.3 Å². The van der Waals surface area contributed by atoms with Gasteiger partial charge in [-0.2, -0.15) is 0 Å². The molecule has 0 saturated heterocycles. The van der Waals surface area contributed by atoms with E-state index in [4.69, 9.17) is 15.3 Å². The molecule has 0 saturated carbocycles. The van der Waals surface area contributed by atoms with E-state index in [1.165, 1.54) is 12.1 Å². The summed E-state index contributed by atoms with van der Waals surface area (Å²) in [6.45, 7) is -0.0768. The molecule has 0 aliphatic rings. The van der Waals surface area contributed by atoms with Gasteiger partial charge in [0, 0.05) is 18.0 Å². The second-order valence-corrected chi connectivity index (χ2v) is 3.92. The molecular weight excluding hydrogens is 221 g/mol. The van der Waals surface area contributed by atoms with Crippen LogP contribution in [-0.4, -0.2) is 17.8 Å². The van der Waals surface area contributed by atoms with Crippen LogP contribution in [-0.2, 0) is 6.42 Å². The van der Waals surface area contributed by atoms with Crippen LogP contribution < -0.4 is 5.73 Å². The lowest BCUT2D eigenvalue weighted by atomic mass is 10.2. The zero-order valence-electron chi connectivity index (χ0n) is 9.27. The van der Waals surface area contributed by atoms with Crippen molar-refractivity contribution in [3.63, 3.8) is 0 Å². The Morgan fingerprint density at radius 3 is 2.53 bits per heavy atom. The van der Waals surface area contributed by atoms with Gasteiger partial charge in [0.15, 0.2) is 0 Å². The molecule has 2 rings (SSSR count). The molecule has 1 heterocycles. The molecule has 17 heavy (non-hydrogen) atoms. The van der Waals surface area contributed by atoms with Crippen molar-refractivity contribution < 1.29 is 13.9 Å². The molecule has 1 unspecified atom stereocenters. The van der Waals surface area contributed by atoms with Crippen LogP contribution in [0.15, 0.2) is 40.8 Å².